The topological polar surface area (TPSA) is 291 Å². The lowest BCUT2D eigenvalue weighted by Gasteiger charge is -2.33. The van der Waals surface area contributed by atoms with E-state index in [-0.39, 0.29) is 17.6 Å². The summed E-state index contributed by atoms with van der Waals surface area (Å²) < 4.78 is 53.3. The van der Waals surface area contributed by atoms with Crippen molar-refractivity contribution in [3.05, 3.63) is 6.33 Å². The number of nitrogens with two attached hydrogens (primary N) is 1. The molecule has 2 saturated carbocycles. The zero-order valence-electron chi connectivity index (χ0n) is 18.0. The van der Waals surface area contributed by atoms with Gasteiger partial charge >= 0.3 is 23.5 Å². The van der Waals surface area contributed by atoms with Crippen LogP contribution in [0, 0.1) is 0 Å². The minimum Gasteiger partial charge on any atom is -0.382 e. The molecule has 2 aromatic heterocycles. The number of hydrogen-bond acceptors (Lipinski definition) is 14. The molecule has 22 heteroatoms. The molecule has 19 nitrogen and oxygen atoms in total. The van der Waals surface area contributed by atoms with Gasteiger partial charge in [-0.25, -0.2) is 18.7 Å². The molecule has 2 aromatic rings. The monoisotopic (exact) mass is 574 g/mol. The van der Waals surface area contributed by atoms with Crippen molar-refractivity contribution >= 4 is 46.4 Å². The zero-order valence-corrected chi connectivity index (χ0v) is 20.7. The van der Waals surface area contributed by atoms with Gasteiger partial charge < -0.3 is 45.6 Å². The van der Waals surface area contributed by atoms with E-state index >= 15 is 0 Å². The number of imidazole rings is 1. The van der Waals surface area contributed by atoms with Gasteiger partial charge in [0.25, 0.3) is 0 Å². The summed E-state index contributed by atoms with van der Waals surface area (Å²) in [7, 11) is -16.9. The Morgan fingerprint density at radius 2 is 1.81 bits per heavy atom. The van der Waals surface area contributed by atoms with E-state index in [1.807, 2.05) is 0 Å². The van der Waals surface area contributed by atoms with Crippen LogP contribution < -0.4 is 11.1 Å². The number of nitrogen functional groups attached to an aromatic ring is 1. The number of anilines is 2. The number of rotatable bonds is 9. The lowest BCUT2D eigenvalue weighted by Crippen LogP contribution is -2.48. The average molecular weight is 574 g/mol. The molecule has 3 aliphatic rings. The summed E-state index contributed by atoms with van der Waals surface area (Å²) in [4.78, 5) is 48.8. The summed E-state index contributed by atoms with van der Waals surface area (Å²) in [5.74, 6) is 0.269. The van der Waals surface area contributed by atoms with Gasteiger partial charge in [-0.2, -0.15) is 18.6 Å². The normalized spacial score (nSPS) is 35.2. The number of aliphatic hydroxyl groups is 2. The van der Waals surface area contributed by atoms with Crippen molar-refractivity contribution in [3.8, 4) is 0 Å². The van der Waals surface area contributed by atoms with E-state index < -0.39 is 53.1 Å². The first-order chi connectivity index (χ1) is 16.4. The first-order valence-corrected chi connectivity index (χ1v) is 14.6. The first-order valence-electron chi connectivity index (χ1n) is 10.1. The average Bonchev–Trinajstić information content (AvgIpc) is 3.51. The Morgan fingerprint density at radius 1 is 1.14 bits per heavy atom. The molecule has 0 amide bonds. The zero-order chi connectivity index (χ0) is 26.5. The molecular formula is C14H21N6O13P3. The van der Waals surface area contributed by atoms with Crippen LogP contribution in [0.1, 0.15) is 26.0 Å². The number of aromatic nitrogens is 4. The predicted molar refractivity (Wildman–Crippen MR) is 115 cm³/mol. The van der Waals surface area contributed by atoms with Crippen molar-refractivity contribution in [2.24, 2.45) is 0 Å². The van der Waals surface area contributed by atoms with Crippen LogP contribution in [-0.2, 0) is 31.6 Å². The number of nitrogens with one attached hydrogen (secondary N) is 1. The Hall–Kier alpha value is -1.56. The Balaban J connectivity index is 1.36. The fraction of sp³-hybridized carbons (Fsp3) is 0.643. The van der Waals surface area contributed by atoms with Gasteiger partial charge in [0.1, 0.15) is 17.8 Å². The lowest BCUT2D eigenvalue weighted by atomic mass is 9.95. The second-order valence-electron chi connectivity index (χ2n) is 8.67. The molecule has 1 aliphatic heterocycles. The second-order valence-corrected chi connectivity index (χ2v) is 13.0. The summed E-state index contributed by atoms with van der Waals surface area (Å²) >= 11 is 0. The third-order valence-corrected chi connectivity index (χ3v) is 9.69. The van der Waals surface area contributed by atoms with Crippen LogP contribution in [0.3, 0.4) is 0 Å². The number of phosphoric acid groups is 3. The van der Waals surface area contributed by atoms with Crippen LogP contribution in [0.2, 0.25) is 0 Å². The molecule has 0 bridgehead atoms. The summed E-state index contributed by atoms with van der Waals surface area (Å²) in [6.45, 7) is 1.14. The number of ether oxygens (including phenoxy) is 1. The molecule has 0 aromatic carbocycles. The van der Waals surface area contributed by atoms with Crippen LogP contribution in [0.4, 0.5) is 11.8 Å². The minimum absolute atomic E-state index is 0.0977. The molecule has 200 valence electrons. The van der Waals surface area contributed by atoms with E-state index in [4.69, 9.17) is 20.3 Å². The standard InChI is InChI=1S/C14H21N6O13P3/c1-13(21)11(20-4-16-6-9(17-5-2-3-5)18-12(15)19-10(6)20)30-7-8(14(7,13)22)31-35(26,27)33-36(28,29)32-34(23,24)25/h4-5,7-8,11,21-22H,2-3H2,1H3,(H,26,27)(H,28,29)(H2,23,24,25)(H3,15,17,18,19)/t7-,8?,11-,13+,14+/m1/s1. The lowest BCUT2D eigenvalue weighted by molar-refractivity contribution is -0.155. The second kappa shape index (κ2) is 7.97. The van der Waals surface area contributed by atoms with Gasteiger partial charge in [0.2, 0.25) is 5.95 Å². The van der Waals surface area contributed by atoms with Crippen molar-refractivity contribution in [2.45, 2.75) is 55.4 Å². The first kappa shape index (κ1) is 26.1. The van der Waals surface area contributed by atoms with E-state index in [1.165, 1.54) is 10.9 Å². The van der Waals surface area contributed by atoms with Gasteiger partial charge in [-0.3, -0.25) is 9.09 Å². The van der Waals surface area contributed by atoms with Crippen LogP contribution in [0.25, 0.3) is 11.2 Å². The molecule has 5 rings (SSSR count). The number of nitrogens with zero attached hydrogens (tertiary/aromatic N) is 4. The fourth-order valence-electron chi connectivity index (χ4n) is 4.08. The predicted octanol–water partition coefficient (Wildman–Crippen LogP) is -0.912. The Kier molecular flexibility index (Phi) is 5.77. The molecule has 2 aliphatic carbocycles. The van der Waals surface area contributed by atoms with Gasteiger partial charge in [-0.05, 0) is 19.8 Å². The van der Waals surface area contributed by atoms with Crippen LogP contribution >= 0.6 is 23.5 Å². The third-order valence-electron chi connectivity index (χ3n) is 5.87. The van der Waals surface area contributed by atoms with Gasteiger partial charge in [0.05, 0.1) is 6.33 Å². The molecule has 36 heavy (non-hydrogen) atoms. The van der Waals surface area contributed by atoms with E-state index in [0.717, 1.165) is 19.8 Å². The third kappa shape index (κ3) is 4.50. The largest absolute Gasteiger partial charge is 0.490 e. The van der Waals surface area contributed by atoms with Crippen LogP contribution in [-0.4, -0.2) is 78.8 Å². The Bertz CT molecular complexity index is 1380. The van der Waals surface area contributed by atoms with Crippen LogP contribution in [0.5, 0.6) is 0 Å². The summed E-state index contributed by atoms with van der Waals surface area (Å²) in [6.07, 6.45) is -1.39. The number of phosphoric ester groups is 1. The van der Waals surface area contributed by atoms with Crippen molar-refractivity contribution in [3.63, 3.8) is 0 Å². The molecule has 9 N–H and O–H groups in total. The van der Waals surface area contributed by atoms with Gasteiger partial charge in [-0.1, -0.05) is 0 Å². The maximum atomic E-state index is 12.1. The molecule has 1 saturated heterocycles. The summed E-state index contributed by atoms with van der Waals surface area (Å²) in [5.41, 5.74) is 1.73. The molecule has 3 unspecified atom stereocenters. The molecule has 7 atom stereocenters. The van der Waals surface area contributed by atoms with Crippen molar-refractivity contribution in [2.75, 3.05) is 11.1 Å². The molecular weight excluding hydrogens is 553 g/mol. The maximum Gasteiger partial charge on any atom is 0.490 e. The van der Waals surface area contributed by atoms with Gasteiger partial charge in [0.15, 0.2) is 28.8 Å². The quantitative estimate of drug-likeness (QED) is 0.168. The van der Waals surface area contributed by atoms with E-state index in [9.17, 15) is 33.7 Å². The summed E-state index contributed by atoms with van der Waals surface area (Å²) in [5, 5.41) is 25.3. The highest BCUT2D eigenvalue weighted by molar-refractivity contribution is 7.66. The highest BCUT2D eigenvalue weighted by Gasteiger charge is 2.84. The number of hydrogen-bond donors (Lipinski definition) is 8. The number of fused-ring (bicyclic) bond motifs is 2. The fourth-order valence-corrected chi connectivity index (χ4v) is 7.29. The highest BCUT2D eigenvalue weighted by Crippen LogP contribution is 2.70. The molecule has 0 radical (unpaired) electrons. The minimum atomic E-state index is -5.77. The Morgan fingerprint density at radius 3 is 2.36 bits per heavy atom. The van der Waals surface area contributed by atoms with E-state index in [2.05, 4.69) is 33.4 Å². The highest BCUT2D eigenvalue weighted by atomic mass is 31.3. The Labute approximate surface area is 200 Å². The van der Waals surface area contributed by atoms with Crippen molar-refractivity contribution in [1.82, 2.24) is 19.5 Å². The van der Waals surface area contributed by atoms with Crippen LogP contribution in [0.15, 0.2) is 6.33 Å². The van der Waals surface area contributed by atoms with Crippen molar-refractivity contribution < 1.29 is 61.4 Å². The molecule has 3 heterocycles. The van der Waals surface area contributed by atoms with Crippen molar-refractivity contribution in [1.29, 1.82) is 0 Å². The van der Waals surface area contributed by atoms with Gasteiger partial charge in [0, 0.05) is 6.04 Å². The SMILES string of the molecule is C[C@]1(O)[C@H](n2cnc3c(NC4CC4)nc(N)nc32)O[C@@H]2C(OP(=O)(O)OP(=O)(O)OP(=O)(O)O)[C@@]21O. The van der Waals surface area contributed by atoms with E-state index in [1.54, 1.807) is 0 Å². The van der Waals surface area contributed by atoms with Gasteiger partial charge in [-0.15, -0.1) is 0 Å². The maximum absolute atomic E-state index is 12.1. The molecule has 0 spiro atoms. The van der Waals surface area contributed by atoms with E-state index in [0.29, 0.717) is 11.3 Å². The summed E-state index contributed by atoms with van der Waals surface area (Å²) in [6, 6.07) is 0.211. The smallest absolute Gasteiger partial charge is 0.382 e. The molecule has 3 fully saturated rings.